The number of ether oxygens (including phenoxy) is 3. The van der Waals surface area contributed by atoms with Crippen LogP contribution in [0.4, 0.5) is 4.39 Å². The van der Waals surface area contributed by atoms with E-state index in [1.54, 1.807) is 30.3 Å². The summed E-state index contributed by atoms with van der Waals surface area (Å²) in [5, 5.41) is 10.3. The van der Waals surface area contributed by atoms with Crippen LogP contribution in [0.15, 0.2) is 60.8 Å². The van der Waals surface area contributed by atoms with Crippen LogP contribution in [0.3, 0.4) is 0 Å². The lowest BCUT2D eigenvalue weighted by Gasteiger charge is -2.25. The highest BCUT2D eigenvalue weighted by Gasteiger charge is 2.30. The number of carbonyl (C=O) groups is 1. The maximum atomic E-state index is 14.9. The first-order valence-corrected chi connectivity index (χ1v) is 12.2. The maximum Gasteiger partial charge on any atom is 0.308 e. The molecule has 1 N–H and O–H groups in total. The average molecular weight is 506 g/mol. The molecule has 1 aliphatic carbocycles. The van der Waals surface area contributed by atoms with Gasteiger partial charge >= 0.3 is 5.97 Å². The van der Waals surface area contributed by atoms with E-state index in [1.165, 1.54) is 26.0 Å². The standard InChI is InChI=1S/C30H32FNO5/c1-30(2)12-6-9-25(30)23-13-19(10-11-22(23)24-15-28(35-3)32-17-26(24)31)18-37-21-8-5-7-20(14-21)27(33)16-29(34)36-4/h5,7-11,13-15,17,27,33H,6,12,16,18H2,1-4H3/t27-/m1/s1. The fourth-order valence-corrected chi connectivity index (χ4v) is 4.68. The zero-order valence-corrected chi connectivity index (χ0v) is 21.6. The third kappa shape index (κ3) is 6.00. The third-order valence-electron chi connectivity index (χ3n) is 6.79. The number of allylic oxidation sites excluding steroid dienone is 2. The number of aliphatic hydroxyl groups excluding tert-OH is 1. The summed E-state index contributed by atoms with van der Waals surface area (Å²) < 4.78 is 30.8. The number of methoxy groups -OCH3 is 2. The predicted octanol–water partition coefficient (Wildman–Crippen LogP) is 6.28. The number of carbonyl (C=O) groups excluding carboxylic acids is 1. The third-order valence-corrected chi connectivity index (χ3v) is 6.79. The molecule has 6 nitrogen and oxygen atoms in total. The summed E-state index contributed by atoms with van der Waals surface area (Å²) >= 11 is 0. The molecular formula is C30H32FNO5. The van der Waals surface area contributed by atoms with Gasteiger partial charge in [-0.15, -0.1) is 0 Å². The van der Waals surface area contributed by atoms with Crippen molar-refractivity contribution in [3.63, 3.8) is 0 Å². The van der Waals surface area contributed by atoms with Crippen molar-refractivity contribution in [1.29, 1.82) is 0 Å². The number of halogens is 1. The molecule has 1 atom stereocenters. The van der Waals surface area contributed by atoms with E-state index in [4.69, 9.17) is 9.47 Å². The second-order valence-corrected chi connectivity index (χ2v) is 9.78. The Morgan fingerprint density at radius 2 is 1.92 bits per heavy atom. The van der Waals surface area contributed by atoms with Crippen molar-refractivity contribution in [2.75, 3.05) is 14.2 Å². The summed E-state index contributed by atoms with van der Waals surface area (Å²) in [5.74, 6) is 0.0182. The molecule has 194 valence electrons. The van der Waals surface area contributed by atoms with Crippen molar-refractivity contribution in [3.8, 4) is 22.8 Å². The minimum atomic E-state index is -0.981. The van der Waals surface area contributed by atoms with Crippen molar-refractivity contribution in [1.82, 2.24) is 4.98 Å². The van der Waals surface area contributed by atoms with Gasteiger partial charge in [0.2, 0.25) is 5.88 Å². The molecule has 1 aromatic heterocycles. The number of hydrogen-bond acceptors (Lipinski definition) is 6. The summed E-state index contributed by atoms with van der Waals surface area (Å²) in [4.78, 5) is 15.5. The lowest BCUT2D eigenvalue weighted by molar-refractivity contribution is -0.142. The Balaban J connectivity index is 1.63. The summed E-state index contributed by atoms with van der Waals surface area (Å²) in [6, 6.07) is 14.5. The lowest BCUT2D eigenvalue weighted by atomic mass is 9.79. The van der Waals surface area contributed by atoms with E-state index in [-0.39, 0.29) is 18.4 Å². The summed E-state index contributed by atoms with van der Waals surface area (Å²) in [6.45, 7) is 4.68. The average Bonchev–Trinajstić information content (AvgIpc) is 3.26. The molecule has 0 aliphatic heterocycles. The largest absolute Gasteiger partial charge is 0.489 e. The first kappa shape index (κ1) is 26.4. The van der Waals surface area contributed by atoms with Crippen molar-refractivity contribution < 1.29 is 28.5 Å². The number of esters is 1. The van der Waals surface area contributed by atoms with Gasteiger partial charge in [0.1, 0.15) is 18.2 Å². The molecule has 0 fully saturated rings. The molecule has 0 radical (unpaired) electrons. The van der Waals surface area contributed by atoms with Gasteiger partial charge in [0.25, 0.3) is 0 Å². The van der Waals surface area contributed by atoms with Crippen LogP contribution in [0.1, 0.15) is 55.9 Å². The highest BCUT2D eigenvalue weighted by molar-refractivity contribution is 5.85. The molecule has 7 heteroatoms. The molecular weight excluding hydrogens is 473 g/mol. The normalized spacial score (nSPS) is 15.1. The molecule has 0 spiro atoms. The van der Waals surface area contributed by atoms with Gasteiger partial charge in [-0.25, -0.2) is 9.37 Å². The first-order chi connectivity index (χ1) is 17.7. The molecule has 1 heterocycles. The number of pyridine rings is 1. The Hall–Kier alpha value is -3.71. The summed E-state index contributed by atoms with van der Waals surface area (Å²) in [7, 11) is 2.80. The predicted molar refractivity (Wildman–Crippen MR) is 140 cm³/mol. The van der Waals surface area contributed by atoms with E-state index in [9.17, 15) is 14.3 Å². The highest BCUT2D eigenvalue weighted by atomic mass is 19.1. The number of aromatic nitrogens is 1. The molecule has 37 heavy (non-hydrogen) atoms. The number of hydrogen-bond donors (Lipinski definition) is 1. The smallest absolute Gasteiger partial charge is 0.308 e. The van der Waals surface area contributed by atoms with Crippen molar-refractivity contribution in [3.05, 3.63) is 83.3 Å². The van der Waals surface area contributed by atoms with Crippen LogP contribution >= 0.6 is 0 Å². The Kier molecular flexibility index (Phi) is 7.93. The second kappa shape index (κ2) is 11.1. The number of nitrogens with zero attached hydrogens (tertiary/aromatic N) is 1. The van der Waals surface area contributed by atoms with E-state index in [0.717, 1.165) is 29.5 Å². The molecule has 0 bridgehead atoms. The van der Waals surface area contributed by atoms with E-state index < -0.39 is 17.9 Å². The topological polar surface area (TPSA) is 77.9 Å². The van der Waals surface area contributed by atoms with E-state index in [0.29, 0.717) is 22.8 Å². The van der Waals surface area contributed by atoms with Crippen LogP contribution in [-0.2, 0) is 16.1 Å². The lowest BCUT2D eigenvalue weighted by Crippen LogP contribution is -2.10. The SMILES string of the molecule is COC(=O)C[C@@H](O)c1cccc(OCc2ccc(-c3cc(OC)ncc3F)c(C3=CCCC3(C)C)c2)c1. The summed E-state index contributed by atoms with van der Waals surface area (Å²) in [5.41, 5.74) is 4.78. The zero-order chi connectivity index (χ0) is 26.6. The maximum absolute atomic E-state index is 14.9. The number of rotatable bonds is 9. The minimum absolute atomic E-state index is 0.0497. The molecule has 2 aromatic carbocycles. The van der Waals surface area contributed by atoms with Crippen LogP contribution in [0, 0.1) is 11.2 Å². The molecule has 1 aliphatic rings. The second-order valence-electron chi connectivity index (χ2n) is 9.78. The zero-order valence-electron chi connectivity index (χ0n) is 21.6. The molecule has 0 saturated heterocycles. The monoisotopic (exact) mass is 505 g/mol. The van der Waals surface area contributed by atoms with Crippen LogP contribution in [0.2, 0.25) is 0 Å². The van der Waals surface area contributed by atoms with Crippen LogP contribution in [0.5, 0.6) is 11.6 Å². The molecule has 0 unspecified atom stereocenters. The Bertz CT molecular complexity index is 1320. The van der Waals surface area contributed by atoms with Gasteiger partial charge in [-0.2, -0.15) is 0 Å². The van der Waals surface area contributed by atoms with Gasteiger partial charge in [-0.05, 0) is 64.3 Å². The molecule has 0 amide bonds. The van der Waals surface area contributed by atoms with Gasteiger partial charge in [-0.1, -0.05) is 44.2 Å². The quantitative estimate of drug-likeness (QED) is 0.345. The fraction of sp³-hybridized carbons (Fsp3) is 0.333. The Morgan fingerprint density at radius 3 is 2.62 bits per heavy atom. The minimum Gasteiger partial charge on any atom is -0.489 e. The van der Waals surface area contributed by atoms with Gasteiger partial charge in [0, 0.05) is 11.6 Å². The van der Waals surface area contributed by atoms with Crippen LogP contribution < -0.4 is 9.47 Å². The molecule has 4 rings (SSSR count). The van der Waals surface area contributed by atoms with Gasteiger partial charge in [0.05, 0.1) is 32.9 Å². The molecule has 3 aromatic rings. The van der Waals surface area contributed by atoms with Crippen LogP contribution in [0.25, 0.3) is 16.7 Å². The van der Waals surface area contributed by atoms with Gasteiger partial charge in [0.15, 0.2) is 0 Å². The van der Waals surface area contributed by atoms with Crippen molar-refractivity contribution in [2.45, 2.75) is 45.8 Å². The number of benzene rings is 2. The number of aliphatic hydroxyl groups is 1. The van der Waals surface area contributed by atoms with Gasteiger partial charge in [-0.3, -0.25) is 4.79 Å². The first-order valence-electron chi connectivity index (χ1n) is 12.2. The van der Waals surface area contributed by atoms with E-state index in [1.807, 2.05) is 12.1 Å². The van der Waals surface area contributed by atoms with E-state index >= 15 is 0 Å². The van der Waals surface area contributed by atoms with Gasteiger partial charge < -0.3 is 19.3 Å². The highest BCUT2D eigenvalue weighted by Crippen LogP contribution is 2.47. The molecule has 0 saturated carbocycles. The van der Waals surface area contributed by atoms with Crippen molar-refractivity contribution in [2.24, 2.45) is 5.41 Å². The Labute approximate surface area is 216 Å². The Morgan fingerprint density at radius 1 is 1.11 bits per heavy atom. The van der Waals surface area contributed by atoms with Crippen LogP contribution in [-0.4, -0.2) is 30.3 Å². The fourth-order valence-electron chi connectivity index (χ4n) is 4.68. The summed E-state index contributed by atoms with van der Waals surface area (Å²) in [6.07, 6.45) is 4.28. The van der Waals surface area contributed by atoms with E-state index in [2.05, 4.69) is 35.7 Å². The van der Waals surface area contributed by atoms with Crippen molar-refractivity contribution >= 4 is 11.5 Å².